The van der Waals surface area contributed by atoms with Crippen LogP contribution < -0.4 is 15.4 Å². The van der Waals surface area contributed by atoms with Crippen molar-refractivity contribution in [3.05, 3.63) is 89.9 Å². The van der Waals surface area contributed by atoms with Crippen LogP contribution >= 0.6 is 0 Å². The molecule has 1 saturated carbocycles. The summed E-state index contributed by atoms with van der Waals surface area (Å²) < 4.78 is 35.6. The van der Waals surface area contributed by atoms with Crippen LogP contribution in [0.1, 0.15) is 19.8 Å². The van der Waals surface area contributed by atoms with Crippen LogP contribution in [0.2, 0.25) is 0 Å². The van der Waals surface area contributed by atoms with Gasteiger partial charge < -0.3 is 14.6 Å². The SMILES string of the molecule is CCOc1ncccc1Nc1cc2nc3ccccc3n(-c3ccc(F)c(F)c3)c-2cc1=NC1CC1. The standard InChI is InChI=1S/C28H23F2N5O/c1-2-36-28-22(7-5-13-31-28)34-23-15-25-27(16-24(23)32-17-9-10-17)35(18-11-12-19(29)20(30)14-18)26-8-4-3-6-21(26)33-25/h3-8,11-17,34H,2,9-10H2,1H3. The average molecular weight is 484 g/mol. The highest BCUT2D eigenvalue weighted by atomic mass is 19.2. The number of benzene rings is 3. The number of nitrogens with zero attached hydrogens (tertiary/aromatic N) is 4. The normalized spacial score (nSPS) is 13.9. The number of para-hydroxylation sites is 2. The van der Waals surface area contributed by atoms with E-state index < -0.39 is 11.6 Å². The number of fused-ring (bicyclic) bond motifs is 2. The number of rotatable bonds is 6. The fourth-order valence-corrected chi connectivity index (χ4v) is 4.23. The maximum absolute atomic E-state index is 14.3. The van der Waals surface area contributed by atoms with E-state index in [4.69, 9.17) is 14.7 Å². The van der Waals surface area contributed by atoms with E-state index >= 15 is 0 Å². The van der Waals surface area contributed by atoms with Gasteiger partial charge in [0.1, 0.15) is 5.69 Å². The molecular weight excluding hydrogens is 460 g/mol. The number of aromatic nitrogens is 3. The molecule has 6 rings (SSSR count). The number of ether oxygens (including phenoxy) is 1. The molecule has 3 aromatic rings. The summed E-state index contributed by atoms with van der Waals surface area (Å²) in [6.45, 7) is 2.40. The monoisotopic (exact) mass is 483 g/mol. The molecule has 36 heavy (non-hydrogen) atoms. The topological polar surface area (TPSA) is 64.3 Å². The van der Waals surface area contributed by atoms with E-state index in [0.717, 1.165) is 52.4 Å². The Hall–Kier alpha value is -4.33. The van der Waals surface area contributed by atoms with E-state index in [1.165, 1.54) is 6.07 Å². The van der Waals surface area contributed by atoms with E-state index in [0.29, 0.717) is 23.9 Å². The van der Waals surface area contributed by atoms with Gasteiger partial charge in [-0.15, -0.1) is 0 Å². The fourth-order valence-electron chi connectivity index (χ4n) is 4.23. The molecular formula is C28H23F2N5O. The molecule has 0 unspecified atom stereocenters. The predicted octanol–water partition coefficient (Wildman–Crippen LogP) is 6.01. The summed E-state index contributed by atoms with van der Waals surface area (Å²) in [6.07, 6.45) is 3.76. The minimum Gasteiger partial charge on any atom is -0.476 e. The van der Waals surface area contributed by atoms with Crippen LogP contribution in [0.15, 0.2) is 77.9 Å². The van der Waals surface area contributed by atoms with Crippen LogP contribution in [0.25, 0.3) is 28.1 Å². The lowest BCUT2D eigenvalue weighted by Gasteiger charge is -2.20. The van der Waals surface area contributed by atoms with E-state index in [1.54, 1.807) is 12.3 Å². The van der Waals surface area contributed by atoms with Crippen molar-refractivity contribution in [2.45, 2.75) is 25.8 Å². The zero-order valence-corrected chi connectivity index (χ0v) is 19.6. The highest BCUT2D eigenvalue weighted by Gasteiger charge is 2.22. The van der Waals surface area contributed by atoms with Gasteiger partial charge in [0, 0.05) is 18.0 Å². The van der Waals surface area contributed by atoms with E-state index in [2.05, 4.69) is 10.3 Å². The van der Waals surface area contributed by atoms with Gasteiger partial charge in [0.05, 0.1) is 46.1 Å². The first kappa shape index (κ1) is 22.2. The van der Waals surface area contributed by atoms with Crippen molar-refractivity contribution in [1.82, 2.24) is 14.5 Å². The molecule has 1 fully saturated rings. The number of hydrogen-bond acceptors (Lipinski definition) is 5. The van der Waals surface area contributed by atoms with Gasteiger partial charge in [-0.05, 0) is 68.3 Å². The Morgan fingerprint density at radius 3 is 2.67 bits per heavy atom. The summed E-state index contributed by atoms with van der Waals surface area (Å²) in [4.78, 5) is 14.2. The molecule has 0 amide bonds. The quantitative estimate of drug-likeness (QED) is 0.301. The maximum Gasteiger partial charge on any atom is 0.237 e. The van der Waals surface area contributed by atoms with Crippen molar-refractivity contribution in [1.29, 1.82) is 0 Å². The fraction of sp³-hybridized carbons (Fsp3) is 0.179. The van der Waals surface area contributed by atoms with Gasteiger partial charge in [0.15, 0.2) is 11.6 Å². The molecule has 0 saturated heterocycles. The lowest BCUT2D eigenvalue weighted by molar-refractivity contribution is 0.329. The van der Waals surface area contributed by atoms with Crippen molar-refractivity contribution >= 4 is 22.4 Å². The highest BCUT2D eigenvalue weighted by Crippen LogP contribution is 2.32. The Balaban J connectivity index is 1.61. The average Bonchev–Trinajstić information content (AvgIpc) is 3.70. The van der Waals surface area contributed by atoms with Crippen molar-refractivity contribution < 1.29 is 13.5 Å². The predicted molar refractivity (Wildman–Crippen MR) is 135 cm³/mol. The minimum atomic E-state index is -0.907. The summed E-state index contributed by atoms with van der Waals surface area (Å²) in [5.74, 6) is -1.30. The van der Waals surface area contributed by atoms with Crippen molar-refractivity contribution in [2.24, 2.45) is 4.99 Å². The lowest BCUT2D eigenvalue weighted by atomic mass is 10.1. The first-order valence-corrected chi connectivity index (χ1v) is 11.9. The Bertz CT molecular complexity index is 1630. The zero-order chi connectivity index (χ0) is 24.6. The molecule has 2 heterocycles. The second-order valence-electron chi connectivity index (χ2n) is 8.67. The molecule has 0 spiro atoms. The molecule has 0 atom stereocenters. The Kier molecular flexibility index (Phi) is 5.56. The van der Waals surface area contributed by atoms with Crippen LogP contribution in [-0.2, 0) is 0 Å². The van der Waals surface area contributed by atoms with Gasteiger partial charge >= 0.3 is 0 Å². The van der Waals surface area contributed by atoms with Gasteiger partial charge in [-0.25, -0.2) is 18.7 Å². The van der Waals surface area contributed by atoms with Crippen LogP contribution in [0.5, 0.6) is 5.88 Å². The van der Waals surface area contributed by atoms with E-state index in [1.807, 2.05) is 60.0 Å². The molecule has 8 heteroatoms. The highest BCUT2D eigenvalue weighted by molar-refractivity contribution is 5.84. The van der Waals surface area contributed by atoms with Gasteiger partial charge in [-0.3, -0.25) is 4.99 Å². The summed E-state index contributed by atoms with van der Waals surface area (Å²) in [5.41, 5.74) is 4.91. The summed E-state index contributed by atoms with van der Waals surface area (Å²) >= 11 is 0. The summed E-state index contributed by atoms with van der Waals surface area (Å²) in [7, 11) is 0. The second-order valence-corrected chi connectivity index (χ2v) is 8.67. The Labute approximate surface area is 206 Å². The van der Waals surface area contributed by atoms with Crippen molar-refractivity contribution in [3.8, 4) is 23.0 Å². The molecule has 2 aromatic carbocycles. The van der Waals surface area contributed by atoms with Crippen LogP contribution in [0.3, 0.4) is 0 Å². The number of nitrogens with one attached hydrogen (secondary N) is 1. The van der Waals surface area contributed by atoms with Gasteiger partial charge in [0.25, 0.3) is 0 Å². The number of hydrogen-bond donors (Lipinski definition) is 1. The molecule has 180 valence electrons. The van der Waals surface area contributed by atoms with Crippen LogP contribution in [-0.4, -0.2) is 27.2 Å². The molecule has 0 radical (unpaired) electrons. The summed E-state index contributed by atoms with van der Waals surface area (Å²) in [6, 6.07) is 19.4. The maximum atomic E-state index is 14.3. The Morgan fingerprint density at radius 2 is 1.86 bits per heavy atom. The molecule has 1 aromatic heterocycles. The third kappa shape index (κ3) is 4.15. The van der Waals surface area contributed by atoms with Gasteiger partial charge in [0.2, 0.25) is 5.88 Å². The lowest BCUT2D eigenvalue weighted by Crippen LogP contribution is -2.16. The number of halogens is 2. The van der Waals surface area contributed by atoms with E-state index in [9.17, 15) is 8.78 Å². The first-order chi connectivity index (χ1) is 17.6. The van der Waals surface area contributed by atoms with Gasteiger partial charge in [-0.1, -0.05) is 12.1 Å². The molecule has 6 nitrogen and oxygen atoms in total. The third-order valence-electron chi connectivity index (χ3n) is 6.05. The van der Waals surface area contributed by atoms with Crippen molar-refractivity contribution in [3.63, 3.8) is 0 Å². The number of anilines is 2. The van der Waals surface area contributed by atoms with Crippen molar-refractivity contribution in [2.75, 3.05) is 11.9 Å². The molecule has 0 bridgehead atoms. The van der Waals surface area contributed by atoms with Crippen LogP contribution in [0, 0.1) is 11.6 Å². The number of pyridine rings is 1. The first-order valence-electron chi connectivity index (χ1n) is 11.9. The smallest absolute Gasteiger partial charge is 0.237 e. The van der Waals surface area contributed by atoms with E-state index in [-0.39, 0.29) is 6.04 Å². The molecule has 3 aliphatic rings. The molecule has 1 aliphatic heterocycles. The minimum absolute atomic E-state index is 0.258. The largest absolute Gasteiger partial charge is 0.476 e. The second kappa shape index (κ2) is 9.03. The molecule has 1 N–H and O–H groups in total. The van der Waals surface area contributed by atoms with Crippen LogP contribution in [0.4, 0.5) is 20.2 Å². The zero-order valence-electron chi connectivity index (χ0n) is 19.6. The Morgan fingerprint density at radius 1 is 1.00 bits per heavy atom. The molecule has 2 aliphatic carbocycles. The summed E-state index contributed by atoms with van der Waals surface area (Å²) in [5, 5.41) is 4.19. The third-order valence-corrected chi connectivity index (χ3v) is 6.05. The van der Waals surface area contributed by atoms with Gasteiger partial charge in [-0.2, -0.15) is 0 Å².